The van der Waals surface area contributed by atoms with Crippen LogP contribution in [-0.4, -0.2) is 36.4 Å². The van der Waals surface area contributed by atoms with Crippen molar-refractivity contribution in [1.29, 1.82) is 0 Å². The minimum Gasteiger partial charge on any atom is -0.497 e. The zero-order chi connectivity index (χ0) is 15.4. The fourth-order valence-electron chi connectivity index (χ4n) is 3.82. The third-order valence-electron chi connectivity index (χ3n) is 4.80. The van der Waals surface area contributed by atoms with E-state index in [2.05, 4.69) is 4.90 Å². The summed E-state index contributed by atoms with van der Waals surface area (Å²) in [7, 11) is 1.65. The van der Waals surface area contributed by atoms with Crippen LogP contribution in [0.5, 0.6) is 5.75 Å². The molecule has 5 nitrogen and oxygen atoms in total. The summed E-state index contributed by atoms with van der Waals surface area (Å²) in [6, 6.07) is 6.00. The molecule has 0 spiro atoms. The molecule has 114 valence electrons. The van der Waals surface area contributed by atoms with Crippen LogP contribution in [0.1, 0.15) is 30.5 Å². The van der Waals surface area contributed by atoms with Crippen molar-refractivity contribution in [2.24, 2.45) is 0 Å². The van der Waals surface area contributed by atoms with Crippen LogP contribution in [0.4, 0.5) is 0 Å². The van der Waals surface area contributed by atoms with E-state index in [-0.39, 0.29) is 23.5 Å². The molecule has 1 aromatic carbocycles. The van der Waals surface area contributed by atoms with Crippen LogP contribution in [0.15, 0.2) is 29.5 Å². The van der Waals surface area contributed by atoms with Gasteiger partial charge in [-0.25, -0.2) is 4.79 Å². The number of benzene rings is 1. The number of methoxy groups -OCH3 is 1. The first-order valence-corrected chi connectivity index (χ1v) is 7.52. The van der Waals surface area contributed by atoms with Crippen LogP contribution in [0.25, 0.3) is 0 Å². The molecule has 22 heavy (non-hydrogen) atoms. The molecule has 2 atom stereocenters. The summed E-state index contributed by atoms with van der Waals surface area (Å²) in [5.74, 6) is 0.266. The van der Waals surface area contributed by atoms with E-state index in [9.17, 15) is 9.59 Å². The van der Waals surface area contributed by atoms with Crippen molar-refractivity contribution in [1.82, 2.24) is 4.90 Å². The lowest BCUT2D eigenvalue weighted by Gasteiger charge is -2.42. The maximum Gasteiger partial charge on any atom is 0.344 e. The van der Waals surface area contributed by atoms with E-state index >= 15 is 0 Å². The van der Waals surface area contributed by atoms with Crippen LogP contribution in [0.2, 0.25) is 0 Å². The van der Waals surface area contributed by atoms with Gasteiger partial charge in [-0.2, -0.15) is 0 Å². The number of rotatable bonds is 1. The molecule has 0 radical (unpaired) electrons. The minimum atomic E-state index is -0.466. The number of cyclic esters (lactones) is 1. The highest BCUT2D eigenvalue weighted by Gasteiger charge is 2.46. The Bertz CT molecular complexity index is 721. The number of ether oxygens (including phenoxy) is 2. The smallest absolute Gasteiger partial charge is 0.344 e. The Kier molecular flexibility index (Phi) is 2.79. The second-order valence-electron chi connectivity index (χ2n) is 5.96. The van der Waals surface area contributed by atoms with E-state index in [4.69, 9.17) is 9.47 Å². The predicted octanol–water partition coefficient (Wildman–Crippen LogP) is 1.77. The largest absolute Gasteiger partial charge is 0.497 e. The van der Waals surface area contributed by atoms with Gasteiger partial charge < -0.3 is 14.4 Å². The standard InChI is InChI=1S/C17H17NO4/c1-9-16-15(17(20)22-9)14(19)8-13-12-4-3-11(21-2)7-10(12)5-6-18(13)16/h3-4,7,9,13H,5-6,8H2,1-2H3/t9-,13+/m0/s1. The lowest BCUT2D eigenvalue weighted by Crippen LogP contribution is -2.42. The number of ketones is 1. The fraction of sp³-hybridized carbons (Fsp3) is 0.412. The minimum absolute atomic E-state index is 0.00199. The molecule has 0 saturated heterocycles. The zero-order valence-electron chi connectivity index (χ0n) is 12.6. The number of fused-ring (bicyclic) bond motifs is 4. The average molecular weight is 299 g/mol. The summed E-state index contributed by atoms with van der Waals surface area (Å²) in [6.45, 7) is 2.62. The number of carbonyl (C=O) groups is 2. The van der Waals surface area contributed by atoms with Gasteiger partial charge in [-0.05, 0) is 36.6 Å². The van der Waals surface area contributed by atoms with E-state index in [1.807, 2.05) is 25.1 Å². The molecule has 5 heteroatoms. The van der Waals surface area contributed by atoms with Crippen molar-refractivity contribution in [3.05, 3.63) is 40.6 Å². The molecule has 0 bridgehead atoms. The summed E-state index contributed by atoms with van der Waals surface area (Å²) < 4.78 is 10.5. The molecular formula is C17H17NO4. The predicted molar refractivity (Wildman–Crippen MR) is 78.3 cm³/mol. The van der Waals surface area contributed by atoms with Crippen molar-refractivity contribution in [3.8, 4) is 5.75 Å². The average Bonchev–Trinajstić information content (AvgIpc) is 2.82. The second-order valence-corrected chi connectivity index (χ2v) is 5.96. The van der Waals surface area contributed by atoms with Gasteiger partial charge in [0, 0.05) is 13.0 Å². The molecule has 0 N–H and O–H groups in total. The first-order valence-electron chi connectivity index (χ1n) is 7.52. The first kappa shape index (κ1) is 13.4. The zero-order valence-corrected chi connectivity index (χ0v) is 12.6. The first-order chi connectivity index (χ1) is 10.6. The van der Waals surface area contributed by atoms with Gasteiger partial charge >= 0.3 is 5.97 Å². The number of hydrogen-bond acceptors (Lipinski definition) is 5. The lowest BCUT2D eigenvalue weighted by atomic mass is 9.84. The van der Waals surface area contributed by atoms with Gasteiger partial charge in [-0.3, -0.25) is 4.79 Å². The normalized spacial score (nSPS) is 26.4. The highest BCUT2D eigenvalue weighted by Crippen LogP contribution is 2.44. The second kappa shape index (κ2) is 4.60. The SMILES string of the molecule is COc1ccc2c(c1)CCN1C3=C(C(=O)C[C@H]21)C(=O)O[C@H]3C. The molecule has 0 unspecified atom stereocenters. The lowest BCUT2D eigenvalue weighted by molar-refractivity contribution is -0.140. The Morgan fingerprint density at radius 2 is 2.14 bits per heavy atom. The highest BCUT2D eigenvalue weighted by molar-refractivity contribution is 6.20. The van der Waals surface area contributed by atoms with Gasteiger partial charge in [-0.1, -0.05) is 6.07 Å². The third-order valence-corrected chi connectivity index (χ3v) is 4.80. The maximum absolute atomic E-state index is 12.4. The van der Waals surface area contributed by atoms with E-state index in [0.29, 0.717) is 6.42 Å². The molecule has 4 rings (SSSR count). The summed E-state index contributed by atoms with van der Waals surface area (Å²) in [5, 5.41) is 0. The monoisotopic (exact) mass is 299 g/mol. The topological polar surface area (TPSA) is 55.8 Å². The molecule has 3 aliphatic heterocycles. The van der Waals surface area contributed by atoms with Crippen molar-refractivity contribution < 1.29 is 19.1 Å². The summed E-state index contributed by atoms with van der Waals surface area (Å²) in [4.78, 5) is 26.5. The molecule has 0 amide bonds. The summed E-state index contributed by atoms with van der Waals surface area (Å²) >= 11 is 0. The molecule has 0 saturated carbocycles. The Morgan fingerprint density at radius 1 is 1.32 bits per heavy atom. The molecule has 3 aliphatic rings. The molecule has 3 heterocycles. The van der Waals surface area contributed by atoms with E-state index < -0.39 is 5.97 Å². The van der Waals surface area contributed by atoms with Crippen LogP contribution in [0, 0.1) is 0 Å². The third kappa shape index (κ3) is 1.71. The van der Waals surface area contributed by atoms with Gasteiger partial charge in [0.1, 0.15) is 17.4 Å². The Hall–Kier alpha value is -2.30. The van der Waals surface area contributed by atoms with Crippen LogP contribution >= 0.6 is 0 Å². The summed E-state index contributed by atoms with van der Waals surface area (Å²) in [5.41, 5.74) is 3.40. The van der Waals surface area contributed by atoms with Crippen LogP contribution in [-0.2, 0) is 20.7 Å². The Morgan fingerprint density at radius 3 is 2.91 bits per heavy atom. The molecule has 0 fully saturated rings. The maximum atomic E-state index is 12.4. The summed E-state index contributed by atoms with van der Waals surface area (Å²) in [6.07, 6.45) is 0.864. The van der Waals surface area contributed by atoms with Crippen molar-refractivity contribution >= 4 is 11.8 Å². The van der Waals surface area contributed by atoms with Crippen molar-refractivity contribution in [2.45, 2.75) is 31.9 Å². The molecule has 0 aromatic heterocycles. The van der Waals surface area contributed by atoms with Gasteiger partial charge in [-0.15, -0.1) is 0 Å². The number of hydrogen-bond donors (Lipinski definition) is 0. The number of carbonyl (C=O) groups excluding carboxylic acids is 2. The molecule has 0 aliphatic carbocycles. The molecule has 1 aromatic rings. The van der Waals surface area contributed by atoms with E-state index in [0.717, 1.165) is 30.0 Å². The fourth-order valence-corrected chi connectivity index (χ4v) is 3.82. The van der Waals surface area contributed by atoms with E-state index in [1.165, 1.54) is 5.56 Å². The highest BCUT2D eigenvalue weighted by atomic mass is 16.5. The van der Waals surface area contributed by atoms with Crippen LogP contribution < -0.4 is 4.74 Å². The van der Waals surface area contributed by atoms with Gasteiger partial charge in [0.2, 0.25) is 0 Å². The van der Waals surface area contributed by atoms with Gasteiger partial charge in [0.25, 0.3) is 0 Å². The number of esters is 1. The number of Topliss-reactive ketones (excluding diaryl/α,β-unsaturated/α-hetero) is 1. The van der Waals surface area contributed by atoms with Crippen LogP contribution in [0.3, 0.4) is 0 Å². The molecular weight excluding hydrogens is 282 g/mol. The quantitative estimate of drug-likeness (QED) is 0.584. The van der Waals surface area contributed by atoms with Gasteiger partial charge in [0.05, 0.1) is 18.8 Å². The Labute approximate surface area is 128 Å². The van der Waals surface area contributed by atoms with Crippen molar-refractivity contribution in [2.75, 3.05) is 13.7 Å². The van der Waals surface area contributed by atoms with Gasteiger partial charge in [0.15, 0.2) is 5.78 Å². The van der Waals surface area contributed by atoms with E-state index in [1.54, 1.807) is 7.11 Å². The number of nitrogens with zero attached hydrogens (tertiary/aromatic N) is 1. The Balaban J connectivity index is 1.80. The van der Waals surface area contributed by atoms with Crippen molar-refractivity contribution in [3.63, 3.8) is 0 Å².